The summed E-state index contributed by atoms with van der Waals surface area (Å²) in [5.74, 6) is 0.460. The number of carboxylic acid groups (broad SMARTS) is 1. The van der Waals surface area contributed by atoms with Crippen molar-refractivity contribution in [1.29, 1.82) is 0 Å². The van der Waals surface area contributed by atoms with Gasteiger partial charge in [-0.3, -0.25) is 9.59 Å². The smallest absolute Gasteiger partial charge is 0.336 e. The SMILES string of the molecule is COc1ccc(CCCc2cccc(OCC(=O)NCc3c(O)ccc4c(-c5ccccc5C(=O)O)c5ccc(=O)cc-5oc34)c2)cc1OC. The Hall–Kier alpha value is -6.29. The van der Waals surface area contributed by atoms with Crippen molar-refractivity contribution in [3.8, 4) is 45.4 Å². The van der Waals surface area contributed by atoms with E-state index in [4.69, 9.17) is 18.6 Å². The van der Waals surface area contributed by atoms with E-state index in [0.29, 0.717) is 39.3 Å². The molecule has 0 spiro atoms. The molecule has 0 radical (unpaired) electrons. The molecule has 0 atom stereocenters. The largest absolute Gasteiger partial charge is 0.507 e. The maximum Gasteiger partial charge on any atom is 0.336 e. The molecule has 2 aliphatic rings. The summed E-state index contributed by atoms with van der Waals surface area (Å²) < 4.78 is 22.7. The van der Waals surface area contributed by atoms with Crippen LogP contribution in [0, 0.1) is 0 Å². The standard InChI is InChI=1S/C40H35NO9/c1-47-34-18-13-25(20-36(34)48-2)8-5-7-24-9-6-10-27(19-24)49-23-37(44)41-22-32-33(43)17-16-31-38(28-11-3-4-12-29(28)40(45)46)30-15-14-26(42)21-35(30)50-39(31)32/h3-4,6,9-21,43H,5,7-8,22-23H2,1-2H3,(H,41,44)(H,45,46). The van der Waals surface area contributed by atoms with E-state index in [0.717, 1.165) is 30.4 Å². The normalized spacial score (nSPS) is 11.0. The number of carbonyl (C=O) groups excluding carboxylic acids is 1. The van der Waals surface area contributed by atoms with E-state index in [1.165, 1.54) is 24.3 Å². The summed E-state index contributed by atoms with van der Waals surface area (Å²) in [7, 11) is 3.22. The van der Waals surface area contributed by atoms with Crippen molar-refractivity contribution < 1.29 is 38.4 Å². The second-order valence-corrected chi connectivity index (χ2v) is 11.7. The number of carbonyl (C=O) groups is 2. The molecule has 0 aromatic heterocycles. The lowest BCUT2D eigenvalue weighted by molar-refractivity contribution is -0.123. The molecule has 10 heteroatoms. The monoisotopic (exact) mass is 673 g/mol. The molecule has 1 aliphatic carbocycles. The van der Waals surface area contributed by atoms with Crippen molar-refractivity contribution in [3.63, 3.8) is 0 Å². The van der Waals surface area contributed by atoms with E-state index >= 15 is 0 Å². The first-order chi connectivity index (χ1) is 24.2. The van der Waals surface area contributed by atoms with Gasteiger partial charge in [0, 0.05) is 22.6 Å². The number of fused-ring (bicyclic) bond motifs is 2. The lowest BCUT2D eigenvalue weighted by Gasteiger charge is -2.19. The number of phenolic OH excluding ortho intramolecular Hbond substituents is 1. The maximum absolute atomic E-state index is 12.9. The fourth-order valence-corrected chi connectivity index (χ4v) is 6.04. The summed E-state index contributed by atoms with van der Waals surface area (Å²) in [5, 5.41) is 24.1. The van der Waals surface area contributed by atoms with Crippen LogP contribution >= 0.6 is 0 Å². The van der Waals surface area contributed by atoms with Crippen molar-refractivity contribution in [2.45, 2.75) is 25.8 Å². The number of rotatable bonds is 13. The molecule has 0 saturated heterocycles. The van der Waals surface area contributed by atoms with Crippen molar-refractivity contribution >= 4 is 22.8 Å². The average molecular weight is 674 g/mol. The van der Waals surface area contributed by atoms with Crippen molar-refractivity contribution in [2.24, 2.45) is 0 Å². The van der Waals surface area contributed by atoms with Crippen LogP contribution in [0.4, 0.5) is 0 Å². The molecule has 0 bridgehead atoms. The van der Waals surface area contributed by atoms with Crippen molar-refractivity contribution in [2.75, 3.05) is 20.8 Å². The number of phenols is 1. The van der Waals surface area contributed by atoms with Crippen LogP contribution in [0.25, 0.3) is 33.4 Å². The van der Waals surface area contributed by atoms with Gasteiger partial charge in [-0.25, -0.2) is 4.79 Å². The lowest BCUT2D eigenvalue weighted by Crippen LogP contribution is -2.28. The van der Waals surface area contributed by atoms with Crippen LogP contribution in [-0.2, 0) is 24.2 Å². The molecule has 10 nitrogen and oxygen atoms in total. The second kappa shape index (κ2) is 14.9. The summed E-state index contributed by atoms with van der Waals surface area (Å²) in [6.07, 6.45) is 2.56. The zero-order valence-corrected chi connectivity index (χ0v) is 27.5. The minimum atomic E-state index is -1.12. The third-order valence-electron chi connectivity index (χ3n) is 8.48. The van der Waals surface area contributed by atoms with E-state index in [2.05, 4.69) is 5.32 Å². The topological polar surface area (TPSA) is 145 Å². The highest BCUT2D eigenvalue weighted by Gasteiger charge is 2.24. The van der Waals surface area contributed by atoms with Gasteiger partial charge in [-0.05, 0) is 90.6 Å². The number of amides is 1. The molecule has 1 heterocycles. The van der Waals surface area contributed by atoms with Crippen LogP contribution in [-0.4, -0.2) is 42.9 Å². The third-order valence-corrected chi connectivity index (χ3v) is 8.48. The predicted octanol–water partition coefficient (Wildman–Crippen LogP) is 6.86. The Labute approximate surface area is 287 Å². The van der Waals surface area contributed by atoms with Gasteiger partial charge in [0.15, 0.2) is 23.5 Å². The average Bonchev–Trinajstić information content (AvgIpc) is 3.12. The molecule has 254 valence electrons. The maximum atomic E-state index is 12.9. The zero-order chi connectivity index (χ0) is 35.2. The molecule has 4 aromatic carbocycles. The van der Waals surface area contributed by atoms with Crippen LogP contribution in [0.1, 0.15) is 33.5 Å². The summed E-state index contributed by atoms with van der Waals surface area (Å²) in [4.78, 5) is 37.4. The Balaban J connectivity index is 1.16. The van der Waals surface area contributed by atoms with Gasteiger partial charge in [0.25, 0.3) is 5.91 Å². The number of hydrogen-bond acceptors (Lipinski definition) is 8. The molecule has 1 amide bonds. The summed E-state index contributed by atoms with van der Waals surface area (Å²) in [5.41, 5.74) is 3.92. The summed E-state index contributed by atoms with van der Waals surface area (Å²) >= 11 is 0. The highest BCUT2D eigenvalue weighted by molar-refractivity contribution is 6.08. The molecule has 1 aliphatic heterocycles. The van der Waals surface area contributed by atoms with E-state index in [-0.39, 0.29) is 46.8 Å². The van der Waals surface area contributed by atoms with Crippen molar-refractivity contribution in [1.82, 2.24) is 5.32 Å². The van der Waals surface area contributed by atoms with Crippen LogP contribution in [0.3, 0.4) is 0 Å². The van der Waals surface area contributed by atoms with Gasteiger partial charge in [-0.1, -0.05) is 36.4 Å². The molecule has 6 rings (SSSR count). The number of methoxy groups -OCH3 is 2. The van der Waals surface area contributed by atoms with Gasteiger partial charge in [0.2, 0.25) is 0 Å². The van der Waals surface area contributed by atoms with Gasteiger partial charge in [-0.15, -0.1) is 0 Å². The Kier molecular flexibility index (Phi) is 9.99. The molecule has 0 saturated carbocycles. The number of nitrogens with one attached hydrogen (secondary N) is 1. The number of benzene rings is 5. The van der Waals surface area contributed by atoms with Gasteiger partial charge >= 0.3 is 5.97 Å². The number of carboxylic acids is 1. The summed E-state index contributed by atoms with van der Waals surface area (Å²) in [6, 6.07) is 27.4. The minimum absolute atomic E-state index is 0.0644. The summed E-state index contributed by atoms with van der Waals surface area (Å²) in [6.45, 7) is -0.384. The number of aromatic hydroxyl groups is 1. The Morgan fingerprint density at radius 2 is 1.58 bits per heavy atom. The van der Waals surface area contributed by atoms with E-state index in [1.807, 2.05) is 36.4 Å². The number of ether oxygens (including phenoxy) is 3. The van der Waals surface area contributed by atoms with E-state index in [9.17, 15) is 24.6 Å². The zero-order valence-electron chi connectivity index (χ0n) is 27.5. The highest BCUT2D eigenvalue weighted by Crippen LogP contribution is 2.43. The van der Waals surface area contributed by atoms with Gasteiger partial charge in [-0.2, -0.15) is 0 Å². The van der Waals surface area contributed by atoms with Crippen LogP contribution in [0.15, 0.2) is 106 Å². The van der Waals surface area contributed by atoms with Gasteiger partial charge < -0.3 is 34.2 Å². The Morgan fingerprint density at radius 1 is 0.800 bits per heavy atom. The first kappa shape index (κ1) is 33.6. The van der Waals surface area contributed by atoms with Crippen molar-refractivity contribution in [3.05, 3.63) is 130 Å². The highest BCUT2D eigenvalue weighted by atomic mass is 16.5. The number of aryl methyl sites for hydroxylation is 2. The molecular weight excluding hydrogens is 638 g/mol. The van der Waals surface area contributed by atoms with Crippen LogP contribution in [0.5, 0.6) is 23.0 Å². The van der Waals surface area contributed by atoms with Gasteiger partial charge in [0.05, 0.1) is 31.9 Å². The quantitative estimate of drug-likeness (QED) is 0.112. The molecule has 50 heavy (non-hydrogen) atoms. The molecule has 0 fully saturated rings. The molecule has 0 unspecified atom stereocenters. The lowest BCUT2D eigenvalue weighted by atomic mass is 9.90. The van der Waals surface area contributed by atoms with Crippen LogP contribution in [0.2, 0.25) is 0 Å². The number of aromatic carboxylic acids is 1. The number of hydrogen-bond donors (Lipinski definition) is 3. The predicted molar refractivity (Wildman–Crippen MR) is 189 cm³/mol. The molecular formula is C40H35NO9. The minimum Gasteiger partial charge on any atom is -0.507 e. The molecule has 3 N–H and O–H groups in total. The Morgan fingerprint density at radius 3 is 2.36 bits per heavy atom. The fraction of sp³-hybridized carbons (Fsp3) is 0.175. The molecule has 4 aromatic rings. The van der Waals surface area contributed by atoms with Crippen LogP contribution < -0.4 is 25.0 Å². The fourth-order valence-electron chi connectivity index (χ4n) is 6.04. The first-order valence-electron chi connectivity index (χ1n) is 16.0. The second-order valence-electron chi connectivity index (χ2n) is 11.7. The van der Waals surface area contributed by atoms with Gasteiger partial charge in [0.1, 0.15) is 22.8 Å². The Bertz CT molecular complexity index is 2220. The van der Waals surface area contributed by atoms with E-state index < -0.39 is 11.9 Å². The third kappa shape index (κ3) is 7.24. The van der Waals surface area contributed by atoms with E-state index in [1.54, 1.807) is 50.6 Å². The first-order valence-corrected chi connectivity index (χ1v) is 16.0.